The largest absolute Gasteiger partial charge is 0.573 e. The third kappa shape index (κ3) is 5.59. The van der Waals surface area contributed by atoms with E-state index in [-0.39, 0.29) is 18.8 Å². The number of aliphatic hydroxyl groups excluding tert-OH is 3. The van der Waals surface area contributed by atoms with E-state index in [1.165, 1.54) is 24.3 Å². The number of ether oxygens (including phenoxy) is 4. The summed E-state index contributed by atoms with van der Waals surface area (Å²) in [7, 11) is 3.19. The summed E-state index contributed by atoms with van der Waals surface area (Å²) in [5, 5.41) is 52.9. The molecule has 0 spiro atoms. The van der Waals surface area contributed by atoms with Gasteiger partial charge in [-0.25, -0.2) is 0 Å². The molecule has 11 nitrogen and oxygen atoms in total. The SMILES string of the molecule is CN[C@@H]1[C@H](O)[C@H](NC)[C@H]2O[C@@]3(O)C(O)C(CNCc4ccc(OC(F)(F)F)cc4)[C@@H](C)O[C@H]3OC2[C@H]1O. The Morgan fingerprint density at radius 1 is 0.973 bits per heavy atom. The number of alkyl halides is 3. The molecule has 2 heterocycles. The summed E-state index contributed by atoms with van der Waals surface area (Å²) in [5.41, 5.74) is 0.672. The molecule has 3 unspecified atom stereocenters. The lowest BCUT2D eigenvalue weighted by Crippen LogP contribution is -2.79. The van der Waals surface area contributed by atoms with E-state index in [1.807, 2.05) is 0 Å². The Morgan fingerprint density at radius 2 is 1.62 bits per heavy atom. The fourth-order valence-electron chi connectivity index (χ4n) is 5.38. The van der Waals surface area contributed by atoms with Crippen LogP contribution in [0.2, 0.25) is 0 Å². The van der Waals surface area contributed by atoms with Gasteiger partial charge in [0.25, 0.3) is 0 Å². The second kappa shape index (κ2) is 10.9. The molecule has 0 radical (unpaired) electrons. The van der Waals surface area contributed by atoms with Crippen LogP contribution in [0.1, 0.15) is 12.5 Å². The van der Waals surface area contributed by atoms with Gasteiger partial charge in [0.2, 0.25) is 12.1 Å². The quantitative estimate of drug-likeness (QED) is 0.224. The van der Waals surface area contributed by atoms with E-state index in [0.717, 1.165) is 0 Å². The molecule has 3 aliphatic rings. The molecular weight excluding hydrogens is 503 g/mol. The zero-order chi connectivity index (χ0) is 27.1. The van der Waals surface area contributed by atoms with Crippen LogP contribution in [0.4, 0.5) is 13.2 Å². The number of rotatable bonds is 7. The highest BCUT2D eigenvalue weighted by Crippen LogP contribution is 2.43. The summed E-state index contributed by atoms with van der Waals surface area (Å²) >= 11 is 0. The van der Waals surface area contributed by atoms with Crippen molar-refractivity contribution in [3.8, 4) is 5.75 Å². The normalized spacial score (nSPS) is 42.1. The maximum absolute atomic E-state index is 12.3. The highest BCUT2D eigenvalue weighted by atomic mass is 19.4. The molecule has 2 saturated heterocycles. The van der Waals surface area contributed by atoms with E-state index in [2.05, 4.69) is 20.7 Å². The van der Waals surface area contributed by atoms with E-state index in [9.17, 15) is 33.6 Å². The molecule has 4 rings (SSSR count). The van der Waals surface area contributed by atoms with Gasteiger partial charge in [0, 0.05) is 19.0 Å². The lowest BCUT2D eigenvalue weighted by molar-refractivity contribution is -0.470. The number of aliphatic hydroxyl groups is 4. The van der Waals surface area contributed by atoms with Crippen LogP contribution in [0.5, 0.6) is 5.75 Å². The maximum Gasteiger partial charge on any atom is 0.573 e. The first-order chi connectivity index (χ1) is 17.4. The first-order valence-electron chi connectivity index (χ1n) is 12.0. The lowest BCUT2D eigenvalue weighted by atomic mass is 9.79. The molecule has 1 aromatic rings. The molecule has 210 valence electrons. The number of halogens is 3. The molecule has 37 heavy (non-hydrogen) atoms. The Hall–Kier alpha value is -1.59. The van der Waals surface area contributed by atoms with Crippen LogP contribution in [-0.2, 0) is 20.8 Å². The van der Waals surface area contributed by atoms with Crippen molar-refractivity contribution in [3.05, 3.63) is 29.8 Å². The summed E-state index contributed by atoms with van der Waals surface area (Å²) < 4.78 is 58.6. The van der Waals surface area contributed by atoms with E-state index in [1.54, 1.807) is 21.0 Å². The van der Waals surface area contributed by atoms with Crippen LogP contribution >= 0.6 is 0 Å². The molecule has 2 aliphatic heterocycles. The van der Waals surface area contributed by atoms with Gasteiger partial charge >= 0.3 is 6.36 Å². The van der Waals surface area contributed by atoms with Crippen LogP contribution < -0.4 is 20.7 Å². The second-order valence-electron chi connectivity index (χ2n) is 9.65. The molecule has 0 amide bonds. The van der Waals surface area contributed by atoms with Gasteiger partial charge in [-0.2, -0.15) is 0 Å². The first-order valence-corrected chi connectivity index (χ1v) is 12.0. The minimum atomic E-state index is -4.77. The topological polar surface area (TPSA) is 154 Å². The zero-order valence-electron chi connectivity index (χ0n) is 20.6. The fraction of sp³-hybridized carbons (Fsp3) is 0.739. The maximum atomic E-state index is 12.3. The number of nitrogens with one attached hydrogen (secondary N) is 3. The van der Waals surface area contributed by atoms with E-state index in [4.69, 9.17) is 14.2 Å². The third-order valence-corrected chi connectivity index (χ3v) is 7.36. The Balaban J connectivity index is 1.41. The lowest BCUT2D eigenvalue weighted by Gasteiger charge is -2.58. The van der Waals surface area contributed by atoms with Gasteiger partial charge in [0.1, 0.15) is 30.2 Å². The number of hydrogen-bond donors (Lipinski definition) is 7. The minimum absolute atomic E-state index is 0.165. The van der Waals surface area contributed by atoms with E-state index >= 15 is 0 Å². The molecule has 0 bridgehead atoms. The summed E-state index contributed by atoms with van der Waals surface area (Å²) in [6.45, 7) is 2.12. The molecule has 7 N–H and O–H groups in total. The zero-order valence-corrected chi connectivity index (χ0v) is 20.6. The summed E-state index contributed by atoms with van der Waals surface area (Å²) in [6.07, 6.45) is -12.4. The van der Waals surface area contributed by atoms with Crippen molar-refractivity contribution >= 4 is 0 Å². The van der Waals surface area contributed by atoms with E-state index in [0.29, 0.717) is 5.56 Å². The van der Waals surface area contributed by atoms with Crippen molar-refractivity contribution in [2.24, 2.45) is 5.92 Å². The van der Waals surface area contributed by atoms with Crippen molar-refractivity contribution in [2.75, 3.05) is 20.6 Å². The molecule has 1 aromatic carbocycles. The molecule has 0 aromatic heterocycles. The van der Waals surface area contributed by atoms with Gasteiger partial charge < -0.3 is 55.3 Å². The Morgan fingerprint density at radius 3 is 2.22 bits per heavy atom. The fourth-order valence-corrected chi connectivity index (χ4v) is 5.38. The Bertz CT molecular complexity index is 912. The van der Waals surface area contributed by atoms with Crippen molar-refractivity contribution < 1.29 is 52.5 Å². The predicted molar refractivity (Wildman–Crippen MR) is 121 cm³/mol. The molecule has 14 heteroatoms. The summed E-state index contributed by atoms with van der Waals surface area (Å²) in [6, 6.07) is 3.89. The van der Waals surface area contributed by atoms with Crippen LogP contribution in [-0.4, -0.2) is 108 Å². The molecular formula is C23H34F3N3O8. The first kappa shape index (κ1) is 28.4. The van der Waals surface area contributed by atoms with Crippen molar-refractivity contribution in [2.45, 2.75) is 80.6 Å². The van der Waals surface area contributed by atoms with Gasteiger partial charge in [-0.05, 0) is 38.7 Å². The van der Waals surface area contributed by atoms with Gasteiger partial charge in [0.15, 0.2) is 0 Å². The standard InChI is InChI=1S/C23H34F3N3O8/c1-10-13(9-29-8-11-4-6-12(7-5-11)36-23(24,25)26)20(32)22(33)21(34-10)35-19-17(31)14(27-2)16(30)15(28-3)18(19)37-22/h4-7,10,13-21,27-33H,8-9H2,1-3H3/t10-,13?,14-,15+,16+,17+,18-,19?,20?,21+,22+/m1/s1. The molecule has 3 fully saturated rings. The third-order valence-electron chi connectivity index (χ3n) is 7.36. The minimum Gasteiger partial charge on any atom is -0.406 e. The van der Waals surface area contributed by atoms with Crippen molar-refractivity contribution in [1.29, 1.82) is 0 Å². The van der Waals surface area contributed by atoms with Crippen molar-refractivity contribution in [1.82, 2.24) is 16.0 Å². The number of benzene rings is 1. The predicted octanol–water partition coefficient (Wildman–Crippen LogP) is -1.22. The summed E-state index contributed by atoms with van der Waals surface area (Å²) in [5.74, 6) is -3.27. The highest BCUT2D eigenvalue weighted by Gasteiger charge is 2.65. The van der Waals surface area contributed by atoms with Crippen LogP contribution in [0.3, 0.4) is 0 Å². The molecule has 11 atom stereocenters. The second-order valence-corrected chi connectivity index (χ2v) is 9.65. The van der Waals surface area contributed by atoms with Crippen LogP contribution in [0.15, 0.2) is 24.3 Å². The number of fused-ring (bicyclic) bond motifs is 2. The Kier molecular flexibility index (Phi) is 8.36. The Labute approximate surface area is 211 Å². The van der Waals surface area contributed by atoms with Crippen LogP contribution in [0.25, 0.3) is 0 Å². The van der Waals surface area contributed by atoms with E-state index < -0.39 is 73.1 Å². The summed E-state index contributed by atoms with van der Waals surface area (Å²) in [4.78, 5) is 0. The van der Waals surface area contributed by atoms with Crippen molar-refractivity contribution in [3.63, 3.8) is 0 Å². The van der Waals surface area contributed by atoms with Gasteiger partial charge in [0.05, 0.1) is 24.3 Å². The monoisotopic (exact) mass is 537 g/mol. The van der Waals surface area contributed by atoms with Gasteiger partial charge in [-0.1, -0.05) is 12.1 Å². The number of hydrogen-bond acceptors (Lipinski definition) is 11. The van der Waals surface area contributed by atoms with Crippen LogP contribution in [0, 0.1) is 5.92 Å². The highest BCUT2D eigenvalue weighted by molar-refractivity contribution is 5.27. The molecule has 1 saturated carbocycles. The average Bonchev–Trinajstić information content (AvgIpc) is 2.82. The van der Waals surface area contributed by atoms with Gasteiger partial charge in [-0.3, -0.25) is 0 Å². The average molecular weight is 538 g/mol. The smallest absolute Gasteiger partial charge is 0.406 e. The number of likely N-dealkylation sites (N-methyl/N-ethyl adjacent to an activating group) is 2. The van der Waals surface area contributed by atoms with Gasteiger partial charge in [-0.15, -0.1) is 13.2 Å². The molecule has 1 aliphatic carbocycles.